The van der Waals surface area contributed by atoms with Crippen molar-refractivity contribution in [3.63, 3.8) is 0 Å². The average Bonchev–Trinajstić information content (AvgIpc) is 2.34. The maximum atomic E-state index is 12.7. The van der Waals surface area contributed by atoms with Crippen LogP contribution in [0.4, 0.5) is 0 Å². The highest BCUT2D eigenvalue weighted by atomic mass is 28.4. The van der Waals surface area contributed by atoms with Crippen molar-refractivity contribution in [2.75, 3.05) is 0 Å². The van der Waals surface area contributed by atoms with Crippen molar-refractivity contribution in [1.82, 2.24) is 0 Å². The van der Waals surface area contributed by atoms with Gasteiger partial charge in [-0.3, -0.25) is 4.79 Å². The number of benzene rings is 1. The number of carbonyl (C=O) groups is 1. The minimum Gasteiger partial charge on any atom is -0.405 e. The largest absolute Gasteiger partial charge is 0.405 e. The summed E-state index contributed by atoms with van der Waals surface area (Å²) in [6.45, 7) is 12.0. The van der Waals surface area contributed by atoms with E-state index < -0.39 is 13.9 Å². The molecule has 3 heteroatoms. The Hall–Kier alpha value is -1.19. The molecule has 104 valence electrons. The second-order valence-corrected chi connectivity index (χ2v) is 10.4. The summed E-state index contributed by atoms with van der Waals surface area (Å²) in [5.74, 6) is 0.0670. The zero-order chi connectivity index (χ0) is 14.5. The van der Waals surface area contributed by atoms with E-state index in [0.29, 0.717) is 12.0 Å². The van der Waals surface area contributed by atoms with E-state index in [0.717, 1.165) is 6.42 Å². The van der Waals surface area contributed by atoms with Crippen molar-refractivity contribution >= 4 is 14.1 Å². The van der Waals surface area contributed by atoms with Crippen LogP contribution in [0.2, 0.25) is 19.6 Å². The molecule has 0 aromatic heterocycles. The summed E-state index contributed by atoms with van der Waals surface area (Å²) in [5, 5.41) is 0. The Morgan fingerprint density at radius 2 is 1.89 bits per heavy atom. The summed E-state index contributed by atoms with van der Waals surface area (Å²) in [7, 11) is -1.79. The Labute approximate surface area is 117 Å². The SMILES string of the molecule is C=CCCC(C)(O[Si](C)(C)C)C(=O)c1ccccc1. The number of Topliss-reactive ketones (excluding diaryl/α,β-unsaturated/α-hetero) is 1. The molecule has 0 aliphatic heterocycles. The standard InChI is InChI=1S/C16H24O2Si/c1-6-7-13-16(2,18-19(3,4)5)15(17)14-11-9-8-10-12-14/h6,8-12H,1,7,13H2,2-5H3. The van der Waals surface area contributed by atoms with Gasteiger partial charge in [0.25, 0.3) is 0 Å². The highest BCUT2D eigenvalue weighted by Gasteiger charge is 2.38. The number of ketones is 1. The molecule has 0 aliphatic carbocycles. The van der Waals surface area contributed by atoms with Crippen molar-refractivity contribution in [3.05, 3.63) is 48.6 Å². The molecular weight excluding hydrogens is 252 g/mol. The van der Waals surface area contributed by atoms with Gasteiger partial charge >= 0.3 is 0 Å². The molecule has 0 radical (unpaired) electrons. The molecule has 0 N–H and O–H groups in total. The summed E-state index contributed by atoms with van der Waals surface area (Å²) < 4.78 is 6.19. The molecule has 0 saturated carbocycles. The lowest BCUT2D eigenvalue weighted by Crippen LogP contribution is -2.46. The van der Waals surface area contributed by atoms with Gasteiger partial charge in [-0.1, -0.05) is 36.4 Å². The second-order valence-electron chi connectivity index (χ2n) is 5.97. The van der Waals surface area contributed by atoms with Crippen LogP contribution in [0.5, 0.6) is 0 Å². The van der Waals surface area contributed by atoms with E-state index in [4.69, 9.17) is 4.43 Å². The van der Waals surface area contributed by atoms with Crippen LogP contribution in [0.25, 0.3) is 0 Å². The molecule has 0 fully saturated rings. The van der Waals surface area contributed by atoms with E-state index in [2.05, 4.69) is 26.2 Å². The fraction of sp³-hybridized carbons (Fsp3) is 0.438. The van der Waals surface area contributed by atoms with E-state index in [-0.39, 0.29) is 5.78 Å². The minimum absolute atomic E-state index is 0.0670. The van der Waals surface area contributed by atoms with Gasteiger partial charge in [-0.2, -0.15) is 0 Å². The van der Waals surface area contributed by atoms with Crippen molar-refractivity contribution in [3.8, 4) is 0 Å². The number of hydrogen-bond acceptors (Lipinski definition) is 2. The van der Waals surface area contributed by atoms with Gasteiger partial charge in [0.05, 0.1) is 0 Å². The quantitative estimate of drug-likeness (QED) is 0.418. The molecule has 0 amide bonds. The number of allylic oxidation sites excluding steroid dienone is 1. The Morgan fingerprint density at radius 3 is 2.37 bits per heavy atom. The van der Waals surface area contributed by atoms with E-state index in [1.807, 2.05) is 43.3 Å². The number of hydrogen-bond donors (Lipinski definition) is 0. The van der Waals surface area contributed by atoms with Gasteiger partial charge in [0, 0.05) is 5.56 Å². The Bertz CT molecular complexity index is 434. The molecule has 0 spiro atoms. The Kier molecular flexibility index (Phi) is 5.26. The first-order valence-corrected chi connectivity index (χ1v) is 10.1. The van der Waals surface area contributed by atoms with Gasteiger partial charge < -0.3 is 4.43 Å². The van der Waals surface area contributed by atoms with E-state index >= 15 is 0 Å². The molecule has 1 atom stereocenters. The lowest BCUT2D eigenvalue weighted by Gasteiger charge is -2.35. The zero-order valence-corrected chi connectivity index (χ0v) is 13.4. The summed E-state index contributed by atoms with van der Waals surface area (Å²) in [4.78, 5) is 12.7. The summed E-state index contributed by atoms with van der Waals surface area (Å²) in [5.41, 5.74) is -0.0349. The molecule has 1 rings (SSSR count). The predicted molar refractivity (Wildman–Crippen MR) is 83.0 cm³/mol. The van der Waals surface area contributed by atoms with Gasteiger partial charge in [-0.15, -0.1) is 6.58 Å². The third-order valence-corrected chi connectivity index (χ3v) is 3.94. The molecule has 0 saturated heterocycles. The smallest absolute Gasteiger partial charge is 0.193 e. The van der Waals surface area contributed by atoms with Gasteiger partial charge in [0.2, 0.25) is 0 Å². The lowest BCUT2D eigenvalue weighted by molar-refractivity contribution is 0.0457. The molecule has 19 heavy (non-hydrogen) atoms. The normalized spacial score (nSPS) is 14.7. The van der Waals surface area contributed by atoms with Crippen molar-refractivity contribution in [2.24, 2.45) is 0 Å². The third kappa shape index (κ3) is 4.77. The predicted octanol–water partition coefficient (Wildman–Crippen LogP) is 4.45. The van der Waals surface area contributed by atoms with Crippen molar-refractivity contribution < 1.29 is 9.22 Å². The maximum Gasteiger partial charge on any atom is 0.193 e. The maximum absolute atomic E-state index is 12.7. The molecule has 1 aromatic carbocycles. The molecule has 1 unspecified atom stereocenters. The van der Waals surface area contributed by atoms with Crippen LogP contribution >= 0.6 is 0 Å². The van der Waals surface area contributed by atoms with E-state index in [1.165, 1.54) is 0 Å². The van der Waals surface area contributed by atoms with Crippen LogP contribution in [-0.4, -0.2) is 19.7 Å². The molecule has 0 aliphatic rings. The Morgan fingerprint density at radius 1 is 1.32 bits per heavy atom. The average molecular weight is 276 g/mol. The van der Waals surface area contributed by atoms with E-state index in [1.54, 1.807) is 0 Å². The van der Waals surface area contributed by atoms with Gasteiger partial charge in [0.15, 0.2) is 14.1 Å². The summed E-state index contributed by atoms with van der Waals surface area (Å²) >= 11 is 0. The number of carbonyl (C=O) groups excluding carboxylic acids is 1. The highest BCUT2D eigenvalue weighted by Crippen LogP contribution is 2.27. The third-order valence-electron chi connectivity index (χ3n) is 2.87. The summed E-state index contributed by atoms with van der Waals surface area (Å²) in [6.07, 6.45) is 3.29. The molecule has 0 bridgehead atoms. The van der Waals surface area contributed by atoms with Crippen LogP contribution in [0.15, 0.2) is 43.0 Å². The fourth-order valence-electron chi connectivity index (χ4n) is 2.16. The van der Waals surface area contributed by atoms with Crippen LogP contribution in [0, 0.1) is 0 Å². The summed E-state index contributed by atoms with van der Waals surface area (Å²) in [6, 6.07) is 9.38. The van der Waals surface area contributed by atoms with Gasteiger partial charge in [0.1, 0.15) is 5.60 Å². The van der Waals surface area contributed by atoms with Gasteiger partial charge in [-0.05, 0) is 39.4 Å². The molecule has 2 nitrogen and oxygen atoms in total. The lowest BCUT2D eigenvalue weighted by atomic mass is 9.90. The monoisotopic (exact) mass is 276 g/mol. The first-order chi connectivity index (χ1) is 8.78. The van der Waals surface area contributed by atoms with Crippen LogP contribution in [0.3, 0.4) is 0 Å². The van der Waals surface area contributed by atoms with Gasteiger partial charge in [-0.25, -0.2) is 0 Å². The van der Waals surface area contributed by atoms with Crippen LogP contribution in [0.1, 0.15) is 30.1 Å². The first-order valence-electron chi connectivity index (χ1n) is 6.69. The minimum atomic E-state index is -1.79. The number of rotatable bonds is 7. The molecular formula is C16H24O2Si. The fourth-order valence-corrected chi connectivity index (χ4v) is 3.71. The molecule has 1 aromatic rings. The second kappa shape index (κ2) is 6.31. The highest BCUT2D eigenvalue weighted by molar-refractivity contribution is 6.70. The topological polar surface area (TPSA) is 26.3 Å². The van der Waals surface area contributed by atoms with Crippen LogP contribution in [-0.2, 0) is 4.43 Å². The molecule has 0 heterocycles. The van der Waals surface area contributed by atoms with Crippen LogP contribution < -0.4 is 0 Å². The first kappa shape index (κ1) is 15.9. The zero-order valence-electron chi connectivity index (χ0n) is 12.4. The van der Waals surface area contributed by atoms with E-state index in [9.17, 15) is 4.79 Å². The Balaban J connectivity index is 3.02. The van der Waals surface area contributed by atoms with Crippen molar-refractivity contribution in [2.45, 2.75) is 45.0 Å². The van der Waals surface area contributed by atoms with Crippen molar-refractivity contribution in [1.29, 1.82) is 0 Å².